The van der Waals surface area contributed by atoms with Gasteiger partial charge in [-0.25, -0.2) is 37.1 Å². The molecular weight excluding hydrogens is 588 g/mol. The van der Waals surface area contributed by atoms with E-state index in [1.165, 1.54) is 29.7 Å². The van der Waals surface area contributed by atoms with Crippen molar-refractivity contribution in [3.8, 4) is 0 Å². The molecule has 1 saturated heterocycles. The largest absolute Gasteiger partial charge is 0.355 e. The molecule has 1 N–H and O–H groups in total. The van der Waals surface area contributed by atoms with Crippen molar-refractivity contribution < 1.29 is 22.0 Å². The number of benzene rings is 2. The number of hydrogen-bond acceptors (Lipinski definition) is 8. The normalized spacial score (nSPS) is 14.5. The first kappa shape index (κ1) is 32.8. The highest BCUT2D eigenvalue weighted by Gasteiger charge is 2.30. The van der Waals surface area contributed by atoms with Gasteiger partial charge in [-0.05, 0) is 28.7 Å². The number of carbonyl (C=O) groups excluding carboxylic acids is 1. The first-order valence-corrected chi connectivity index (χ1v) is 15.7. The average molecular weight is 626 g/mol. The molecule has 3 heterocycles. The highest BCUT2D eigenvalue weighted by molar-refractivity contribution is 7.89. The molecule has 4 aromatic rings. The Hall–Kier alpha value is -4.10. The van der Waals surface area contributed by atoms with Gasteiger partial charge in [-0.3, -0.25) is 4.79 Å². The number of fused-ring (bicyclic) bond motifs is 1. The minimum atomic E-state index is -3.51. The van der Waals surface area contributed by atoms with Crippen molar-refractivity contribution in [2.75, 3.05) is 31.1 Å². The van der Waals surface area contributed by atoms with Gasteiger partial charge in [0, 0.05) is 44.7 Å². The molecule has 1 aliphatic rings. The van der Waals surface area contributed by atoms with Crippen LogP contribution >= 0.6 is 0 Å². The number of nitrogens with one attached hydrogen (secondary N) is 1. The van der Waals surface area contributed by atoms with Crippen molar-refractivity contribution in [2.45, 2.75) is 56.9 Å². The summed E-state index contributed by atoms with van der Waals surface area (Å²) in [5, 5.41) is 2.47. The summed E-state index contributed by atoms with van der Waals surface area (Å²) in [4.78, 5) is 29.3. The number of amides is 1. The molecule has 234 valence electrons. The quantitative estimate of drug-likeness (QED) is 0.281. The first-order valence-electron chi connectivity index (χ1n) is 14.3. The van der Waals surface area contributed by atoms with E-state index in [-0.39, 0.29) is 17.4 Å². The molecule has 2 aromatic heterocycles. The Kier molecular flexibility index (Phi) is 10.2. The highest BCUT2D eigenvalue weighted by atomic mass is 32.2. The second kappa shape index (κ2) is 13.7. The molecule has 2 aromatic carbocycles. The van der Waals surface area contributed by atoms with Gasteiger partial charge in [0.15, 0.2) is 5.65 Å². The van der Waals surface area contributed by atoms with Crippen LogP contribution in [0.3, 0.4) is 0 Å². The summed E-state index contributed by atoms with van der Waals surface area (Å²) in [5.41, 5.74) is 3.08. The van der Waals surface area contributed by atoms with Gasteiger partial charge in [-0.15, -0.1) is 0 Å². The van der Waals surface area contributed by atoms with Crippen molar-refractivity contribution in [3.05, 3.63) is 83.9 Å². The Morgan fingerprint density at radius 1 is 0.909 bits per heavy atom. The van der Waals surface area contributed by atoms with Crippen LogP contribution in [0.5, 0.6) is 0 Å². The van der Waals surface area contributed by atoms with E-state index in [1.54, 1.807) is 36.7 Å². The summed E-state index contributed by atoms with van der Waals surface area (Å²) in [7, 11) is -3.51. The summed E-state index contributed by atoms with van der Waals surface area (Å²) >= 11 is 0. The number of anilines is 1. The molecule has 1 amide bonds. The van der Waals surface area contributed by atoms with Crippen LogP contribution in [0.15, 0.2) is 72.1 Å². The van der Waals surface area contributed by atoms with E-state index in [1.807, 2.05) is 17.0 Å². The lowest BCUT2D eigenvalue weighted by Crippen LogP contribution is -2.49. The monoisotopic (exact) mass is 625 g/mol. The van der Waals surface area contributed by atoms with Crippen molar-refractivity contribution in [1.29, 1.82) is 0 Å². The summed E-state index contributed by atoms with van der Waals surface area (Å²) in [6, 6.07) is 13.2. The fourth-order valence-electron chi connectivity index (χ4n) is 4.57. The summed E-state index contributed by atoms with van der Waals surface area (Å²) in [6.45, 7) is 10.0. The Labute approximate surface area is 256 Å². The summed E-state index contributed by atoms with van der Waals surface area (Å²) in [5.74, 6) is -2.07. The lowest BCUT2D eigenvalue weighted by atomic mass is 9.87. The van der Waals surface area contributed by atoms with Gasteiger partial charge >= 0.3 is 0 Å². The zero-order chi connectivity index (χ0) is 32.0. The predicted octanol–water partition coefficient (Wildman–Crippen LogP) is 4.66. The Morgan fingerprint density at radius 3 is 2.14 bits per heavy atom. The third-order valence-corrected chi connectivity index (χ3v) is 9.26. The molecule has 0 bridgehead atoms. The maximum Gasteiger partial charge on any atom is 0.273 e. The fraction of sp³-hybridized carbons (Fsp3) is 0.387. The van der Waals surface area contributed by atoms with E-state index in [9.17, 15) is 22.0 Å². The van der Waals surface area contributed by atoms with Crippen molar-refractivity contribution in [3.63, 3.8) is 0 Å². The van der Waals surface area contributed by atoms with Gasteiger partial charge in [-0.1, -0.05) is 64.1 Å². The molecule has 0 radical (unpaired) electrons. The zero-order valence-corrected chi connectivity index (χ0v) is 26.1. The number of nitrogens with zero attached hydrogens (tertiary/aromatic N) is 6. The van der Waals surface area contributed by atoms with Crippen LogP contribution in [0.4, 0.5) is 14.6 Å². The van der Waals surface area contributed by atoms with E-state index >= 15 is 0 Å². The Balaban J connectivity index is 0.000000249. The molecular formula is C31H37F2N7O3S. The minimum Gasteiger partial charge on any atom is -0.355 e. The van der Waals surface area contributed by atoms with E-state index in [0.717, 1.165) is 11.1 Å². The van der Waals surface area contributed by atoms with Crippen LogP contribution in [0, 0.1) is 0 Å². The number of hydrogen-bond donors (Lipinski definition) is 1. The van der Waals surface area contributed by atoms with Crippen molar-refractivity contribution >= 4 is 33.4 Å². The zero-order valence-electron chi connectivity index (χ0n) is 25.2. The smallest absolute Gasteiger partial charge is 0.273 e. The molecule has 10 nitrogen and oxygen atoms in total. The number of aromatic nitrogens is 4. The molecule has 0 saturated carbocycles. The van der Waals surface area contributed by atoms with Crippen LogP contribution in [-0.4, -0.2) is 65.2 Å². The predicted molar refractivity (Wildman–Crippen MR) is 165 cm³/mol. The van der Waals surface area contributed by atoms with E-state index < -0.39 is 15.9 Å². The minimum absolute atomic E-state index is 0.0138. The molecule has 0 unspecified atom stereocenters. The number of piperazine rings is 1. The van der Waals surface area contributed by atoms with E-state index in [0.29, 0.717) is 61.0 Å². The maximum atomic E-state index is 13.2. The molecule has 0 aliphatic carbocycles. The van der Waals surface area contributed by atoms with Gasteiger partial charge in [0.05, 0.1) is 17.3 Å². The van der Waals surface area contributed by atoms with Crippen molar-refractivity contribution in [1.82, 2.24) is 29.6 Å². The SMILES string of the molecule is CC(C)(C)c1ccc(S(=O)(=O)N2CCN(c3cnc4cncnc4n3)CC2)cc1.CCC(F)(F)c1ccc(CNC=O)cc1. The summed E-state index contributed by atoms with van der Waals surface area (Å²) in [6.07, 6.45) is 5.11. The lowest BCUT2D eigenvalue weighted by Gasteiger charge is -2.34. The van der Waals surface area contributed by atoms with E-state index in [2.05, 4.69) is 46.0 Å². The summed E-state index contributed by atoms with van der Waals surface area (Å²) < 4.78 is 54.0. The van der Waals surface area contributed by atoms with Crippen LogP contribution in [0.2, 0.25) is 0 Å². The van der Waals surface area contributed by atoms with Gasteiger partial charge in [0.1, 0.15) is 17.7 Å². The van der Waals surface area contributed by atoms with E-state index in [4.69, 9.17) is 0 Å². The molecule has 5 rings (SSSR count). The first-order chi connectivity index (χ1) is 20.8. The van der Waals surface area contributed by atoms with Crippen LogP contribution < -0.4 is 10.2 Å². The van der Waals surface area contributed by atoms with Crippen LogP contribution in [0.1, 0.15) is 50.8 Å². The van der Waals surface area contributed by atoms with Gasteiger partial charge in [0.2, 0.25) is 16.4 Å². The molecule has 0 atom stereocenters. The standard InChI is InChI=1S/C20H24N6O2S.C11H13F2NO/c1-20(2,3)15-4-6-16(7-5-15)29(27,28)26-10-8-25(9-11-26)18-13-22-17-12-21-14-23-19(17)24-18;1-2-11(12,13)10-5-3-9(4-6-10)7-14-8-15/h4-7,12-14H,8-11H2,1-3H3;3-6,8H,2,7H2,1H3,(H,14,15). The number of halogens is 2. The van der Waals surface area contributed by atoms with Gasteiger partial charge in [-0.2, -0.15) is 4.31 Å². The molecule has 13 heteroatoms. The van der Waals surface area contributed by atoms with Crippen LogP contribution in [0.25, 0.3) is 11.2 Å². The second-order valence-electron chi connectivity index (χ2n) is 11.4. The number of rotatable bonds is 8. The Bertz CT molecular complexity index is 1650. The molecule has 0 spiro atoms. The molecule has 1 fully saturated rings. The maximum absolute atomic E-state index is 13.2. The van der Waals surface area contributed by atoms with Gasteiger partial charge < -0.3 is 10.2 Å². The molecule has 1 aliphatic heterocycles. The molecule has 44 heavy (non-hydrogen) atoms. The highest BCUT2D eigenvalue weighted by Crippen LogP contribution is 2.31. The van der Waals surface area contributed by atoms with Crippen LogP contribution in [-0.2, 0) is 32.7 Å². The number of sulfonamides is 1. The fourth-order valence-corrected chi connectivity index (χ4v) is 6.00. The second-order valence-corrected chi connectivity index (χ2v) is 13.3. The Morgan fingerprint density at radius 2 is 1.55 bits per heavy atom. The van der Waals surface area contributed by atoms with Gasteiger partial charge in [0.25, 0.3) is 5.92 Å². The third kappa shape index (κ3) is 7.88. The number of carbonyl (C=O) groups is 1. The topological polar surface area (TPSA) is 121 Å². The lowest BCUT2D eigenvalue weighted by molar-refractivity contribution is -0.109. The average Bonchev–Trinajstić information content (AvgIpc) is 3.03. The van der Waals surface area contributed by atoms with Crippen molar-refractivity contribution in [2.24, 2.45) is 0 Å². The third-order valence-electron chi connectivity index (χ3n) is 7.34. The number of alkyl halides is 2.